The second-order valence-electron chi connectivity index (χ2n) is 6.77. The quantitative estimate of drug-likeness (QED) is 0.730. The van der Waals surface area contributed by atoms with Gasteiger partial charge in [0.25, 0.3) is 0 Å². The molecule has 1 amide bonds. The van der Waals surface area contributed by atoms with Crippen LogP contribution in [-0.4, -0.2) is 11.9 Å². The molecule has 0 aromatic carbocycles. The number of amides is 1. The normalized spacial score (nSPS) is 22.4. The molecule has 0 spiro atoms. The third-order valence-corrected chi connectivity index (χ3v) is 4.51. The van der Waals surface area contributed by atoms with E-state index in [0.717, 1.165) is 24.7 Å². The Morgan fingerprint density at radius 3 is 2.33 bits per heavy atom. The van der Waals surface area contributed by atoms with Gasteiger partial charge in [0.1, 0.15) is 0 Å². The van der Waals surface area contributed by atoms with Crippen LogP contribution in [0.25, 0.3) is 0 Å². The van der Waals surface area contributed by atoms with Crippen molar-refractivity contribution in [1.82, 2.24) is 5.32 Å². The van der Waals surface area contributed by atoms with E-state index in [2.05, 4.69) is 19.2 Å². The Hall–Kier alpha value is -0.530. The molecule has 0 heterocycles. The van der Waals surface area contributed by atoms with Crippen molar-refractivity contribution in [2.24, 2.45) is 17.8 Å². The van der Waals surface area contributed by atoms with Gasteiger partial charge in [-0.2, -0.15) is 0 Å². The van der Waals surface area contributed by atoms with Crippen LogP contribution in [0.1, 0.15) is 71.6 Å². The highest BCUT2D eigenvalue weighted by atomic mass is 16.1. The van der Waals surface area contributed by atoms with Crippen LogP contribution in [0.2, 0.25) is 0 Å². The van der Waals surface area contributed by atoms with Gasteiger partial charge < -0.3 is 5.32 Å². The molecule has 0 aromatic heterocycles. The molecule has 2 heteroatoms. The number of carbonyl (C=O) groups excluding carboxylic acids is 1. The number of hydrogen-bond acceptors (Lipinski definition) is 1. The van der Waals surface area contributed by atoms with Gasteiger partial charge in [0.2, 0.25) is 5.91 Å². The molecule has 1 unspecified atom stereocenters. The molecule has 2 saturated carbocycles. The Morgan fingerprint density at radius 1 is 1.11 bits per heavy atom. The van der Waals surface area contributed by atoms with Gasteiger partial charge in [-0.15, -0.1) is 0 Å². The van der Waals surface area contributed by atoms with Gasteiger partial charge in [0, 0.05) is 12.0 Å². The van der Waals surface area contributed by atoms with E-state index in [0.29, 0.717) is 5.91 Å². The molecule has 0 aromatic rings. The van der Waals surface area contributed by atoms with Crippen LogP contribution in [-0.2, 0) is 4.79 Å². The molecule has 0 saturated heterocycles. The lowest BCUT2D eigenvalue weighted by molar-refractivity contribution is -0.126. The third-order valence-electron chi connectivity index (χ3n) is 4.51. The van der Waals surface area contributed by atoms with E-state index in [4.69, 9.17) is 0 Å². The largest absolute Gasteiger partial charge is 0.354 e. The van der Waals surface area contributed by atoms with Crippen molar-refractivity contribution in [2.75, 3.05) is 0 Å². The van der Waals surface area contributed by atoms with E-state index in [9.17, 15) is 4.79 Å². The SMILES string of the molecule is CC(C)NC(=O)C(CCC1CC1)CC1CCCC1. The molecule has 1 N–H and O–H groups in total. The second kappa shape index (κ2) is 6.58. The summed E-state index contributed by atoms with van der Waals surface area (Å²) in [6.45, 7) is 4.12. The number of carbonyl (C=O) groups is 1. The topological polar surface area (TPSA) is 29.1 Å². The summed E-state index contributed by atoms with van der Waals surface area (Å²) in [4.78, 5) is 12.3. The van der Waals surface area contributed by atoms with Gasteiger partial charge in [-0.3, -0.25) is 4.79 Å². The van der Waals surface area contributed by atoms with Gasteiger partial charge in [-0.05, 0) is 44.9 Å². The molecule has 2 aliphatic rings. The molecule has 2 nitrogen and oxygen atoms in total. The highest BCUT2D eigenvalue weighted by Crippen LogP contribution is 2.37. The van der Waals surface area contributed by atoms with Gasteiger partial charge in [0.05, 0.1) is 0 Å². The van der Waals surface area contributed by atoms with Crippen LogP contribution < -0.4 is 5.32 Å². The highest BCUT2D eigenvalue weighted by Gasteiger charge is 2.28. The first kappa shape index (κ1) is 13.9. The molecule has 0 aliphatic heterocycles. The molecule has 0 bridgehead atoms. The predicted octanol–water partition coefficient (Wildman–Crippen LogP) is 3.90. The summed E-state index contributed by atoms with van der Waals surface area (Å²) in [6.07, 6.45) is 11.8. The lowest BCUT2D eigenvalue weighted by Crippen LogP contribution is -2.36. The second-order valence-corrected chi connectivity index (χ2v) is 6.77. The minimum Gasteiger partial charge on any atom is -0.354 e. The first-order valence-electron chi connectivity index (χ1n) is 7.95. The lowest BCUT2D eigenvalue weighted by Gasteiger charge is -2.21. The molecular weight excluding hydrogens is 222 g/mol. The maximum Gasteiger partial charge on any atom is 0.223 e. The molecule has 1 atom stereocenters. The zero-order chi connectivity index (χ0) is 13.0. The van der Waals surface area contributed by atoms with Crippen LogP contribution in [0.15, 0.2) is 0 Å². The summed E-state index contributed by atoms with van der Waals surface area (Å²) in [5, 5.41) is 3.12. The average Bonchev–Trinajstić information content (AvgIpc) is 2.99. The number of rotatable bonds is 7. The van der Waals surface area contributed by atoms with Gasteiger partial charge in [0.15, 0.2) is 0 Å². The first-order valence-corrected chi connectivity index (χ1v) is 7.95. The molecule has 2 fully saturated rings. The van der Waals surface area contributed by atoms with E-state index in [1.165, 1.54) is 44.9 Å². The van der Waals surface area contributed by atoms with Crippen LogP contribution in [0.5, 0.6) is 0 Å². The summed E-state index contributed by atoms with van der Waals surface area (Å²) in [5.74, 6) is 2.38. The fourth-order valence-corrected chi connectivity index (χ4v) is 3.25. The maximum atomic E-state index is 12.3. The lowest BCUT2D eigenvalue weighted by atomic mass is 9.88. The van der Waals surface area contributed by atoms with E-state index in [1.54, 1.807) is 0 Å². The van der Waals surface area contributed by atoms with Gasteiger partial charge >= 0.3 is 0 Å². The smallest absolute Gasteiger partial charge is 0.223 e. The number of hydrogen-bond donors (Lipinski definition) is 1. The minimum absolute atomic E-state index is 0.282. The Balaban J connectivity index is 1.80. The van der Waals surface area contributed by atoms with E-state index in [-0.39, 0.29) is 12.0 Å². The summed E-state index contributed by atoms with van der Waals surface area (Å²) in [5.41, 5.74) is 0. The predicted molar refractivity (Wildman–Crippen MR) is 75.3 cm³/mol. The summed E-state index contributed by atoms with van der Waals surface area (Å²) in [7, 11) is 0. The molecule has 0 radical (unpaired) electrons. The van der Waals surface area contributed by atoms with Crippen molar-refractivity contribution in [2.45, 2.75) is 77.7 Å². The molecule has 18 heavy (non-hydrogen) atoms. The third kappa shape index (κ3) is 4.62. The minimum atomic E-state index is 0.282. The summed E-state index contributed by atoms with van der Waals surface area (Å²) >= 11 is 0. The average molecular weight is 251 g/mol. The Kier molecular flexibility index (Phi) is 5.08. The van der Waals surface area contributed by atoms with Crippen molar-refractivity contribution >= 4 is 5.91 Å². The van der Waals surface area contributed by atoms with E-state index < -0.39 is 0 Å². The molecular formula is C16H29NO. The summed E-state index contributed by atoms with van der Waals surface area (Å²) in [6, 6.07) is 0.282. The fourth-order valence-electron chi connectivity index (χ4n) is 3.25. The van der Waals surface area contributed by atoms with Crippen molar-refractivity contribution in [3.63, 3.8) is 0 Å². The highest BCUT2D eigenvalue weighted by molar-refractivity contribution is 5.78. The van der Waals surface area contributed by atoms with Crippen LogP contribution >= 0.6 is 0 Å². The van der Waals surface area contributed by atoms with Crippen LogP contribution in [0, 0.1) is 17.8 Å². The maximum absolute atomic E-state index is 12.3. The first-order chi connectivity index (χ1) is 8.65. The molecule has 2 aliphatic carbocycles. The fraction of sp³-hybridized carbons (Fsp3) is 0.938. The zero-order valence-electron chi connectivity index (χ0n) is 12.1. The van der Waals surface area contributed by atoms with Gasteiger partial charge in [-0.1, -0.05) is 38.5 Å². The molecule has 2 rings (SSSR count). The number of nitrogens with one attached hydrogen (secondary N) is 1. The van der Waals surface area contributed by atoms with Crippen molar-refractivity contribution in [3.05, 3.63) is 0 Å². The van der Waals surface area contributed by atoms with E-state index in [1.807, 2.05) is 0 Å². The van der Waals surface area contributed by atoms with Gasteiger partial charge in [-0.25, -0.2) is 0 Å². The zero-order valence-corrected chi connectivity index (χ0v) is 12.1. The van der Waals surface area contributed by atoms with Crippen molar-refractivity contribution in [3.8, 4) is 0 Å². The van der Waals surface area contributed by atoms with Crippen LogP contribution in [0.3, 0.4) is 0 Å². The Morgan fingerprint density at radius 2 is 1.78 bits per heavy atom. The van der Waals surface area contributed by atoms with Crippen molar-refractivity contribution in [1.29, 1.82) is 0 Å². The van der Waals surface area contributed by atoms with Crippen molar-refractivity contribution < 1.29 is 4.79 Å². The summed E-state index contributed by atoms with van der Waals surface area (Å²) < 4.78 is 0. The Bertz CT molecular complexity index is 264. The standard InChI is InChI=1S/C16H29NO/c1-12(2)17-16(18)15(10-9-13-7-8-13)11-14-5-3-4-6-14/h12-15H,3-11H2,1-2H3,(H,17,18). The Labute approximate surface area is 112 Å². The molecule has 104 valence electrons. The monoisotopic (exact) mass is 251 g/mol. The van der Waals surface area contributed by atoms with E-state index >= 15 is 0 Å². The van der Waals surface area contributed by atoms with Crippen LogP contribution in [0.4, 0.5) is 0 Å².